The van der Waals surface area contributed by atoms with E-state index in [0.29, 0.717) is 0 Å². The van der Waals surface area contributed by atoms with Gasteiger partial charge in [-0.25, -0.2) is 0 Å². The number of hydrogen-bond donors (Lipinski definition) is 2. The van der Waals surface area contributed by atoms with Gasteiger partial charge in [0.15, 0.2) is 0 Å². The zero-order valence-corrected chi connectivity index (χ0v) is 7.70. The summed E-state index contributed by atoms with van der Waals surface area (Å²) in [5.41, 5.74) is 0. The Balaban J connectivity index is 0.000000236. The lowest BCUT2D eigenvalue weighted by Crippen LogP contribution is -2.32. The standard InChI is InChI=1S/C4H11NOSi.C2H6O/c5-7-4-2-1-3-6-7;1-2-3/h7H,1-5H2;3H,2H2,1H3. The summed E-state index contributed by atoms with van der Waals surface area (Å²) in [6, 6.07) is 1.18. The van der Waals surface area contributed by atoms with Gasteiger partial charge in [0.1, 0.15) is 0 Å². The summed E-state index contributed by atoms with van der Waals surface area (Å²) in [5.74, 6) is 0. The second-order valence-corrected chi connectivity index (χ2v) is 4.21. The summed E-state index contributed by atoms with van der Waals surface area (Å²) in [7, 11) is -1.09. The average Bonchev–Trinajstić information content (AvgIpc) is 1.91. The van der Waals surface area contributed by atoms with Crippen LogP contribution in [0.2, 0.25) is 6.04 Å². The molecular weight excluding hydrogens is 146 g/mol. The molecule has 1 aliphatic heterocycles. The normalized spacial score (nSPS) is 24.9. The summed E-state index contributed by atoms with van der Waals surface area (Å²) in [4.78, 5) is 0. The number of nitrogens with two attached hydrogens (primary N) is 1. The van der Waals surface area contributed by atoms with E-state index in [0.717, 1.165) is 6.61 Å². The van der Waals surface area contributed by atoms with Gasteiger partial charge in [-0.05, 0) is 19.4 Å². The van der Waals surface area contributed by atoms with E-state index in [1.165, 1.54) is 18.9 Å². The van der Waals surface area contributed by atoms with Crippen molar-refractivity contribution in [2.45, 2.75) is 25.8 Å². The van der Waals surface area contributed by atoms with E-state index in [-0.39, 0.29) is 6.61 Å². The molecule has 0 spiro atoms. The molecule has 4 heteroatoms. The molecule has 1 saturated heterocycles. The van der Waals surface area contributed by atoms with Gasteiger partial charge in [-0.15, -0.1) is 0 Å². The van der Waals surface area contributed by atoms with Crippen LogP contribution < -0.4 is 5.40 Å². The Bertz CT molecular complexity index is 66.8. The van der Waals surface area contributed by atoms with Gasteiger partial charge in [0.2, 0.25) is 9.20 Å². The van der Waals surface area contributed by atoms with Crippen LogP contribution in [0.15, 0.2) is 0 Å². The van der Waals surface area contributed by atoms with Crippen molar-refractivity contribution in [2.24, 2.45) is 5.40 Å². The number of aliphatic hydroxyl groups is 1. The fourth-order valence-electron chi connectivity index (χ4n) is 0.766. The molecule has 0 aromatic carbocycles. The van der Waals surface area contributed by atoms with Crippen molar-refractivity contribution in [1.29, 1.82) is 0 Å². The van der Waals surface area contributed by atoms with Crippen LogP contribution in [0, 0.1) is 0 Å². The molecule has 10 heavy (non-hydrogen) atoms. The highest BCUT2D eigenvalue weighted by atomic mass is 28.3. The summed E-state index contributed by atoms with van der Waals surface area (Å²) in [5, 5.41) is 13.1. The minimum atomic E-state index is -1.09. The maximum atomic E-state index is 7.57. The molecule has 1 rings (SSSR count). The Labute approximate surface area is 64.0 Å². The molecule has 1 atom stereocenters. The Kier molecular flexibility index (Phi) is 7.28. The summed E-state index contributed by atoms with van der Waals surface area (Å²) < 4.78 is 5.19. The first-order valence-electron chi connectivity index (χ1n) is 3.79. The van der Waals surface area contributed by atoms with Crippen molar-refractivity contribution in [1.82, 2.24) is 0 Å². The van der Waals surface area contributed by atoms with Gasteiger partial charge in [0, 0.05) is 13.2 Å². The lowest BCUT2D eigenvalue weighted by Gasteiger charge is -2.15. The molecule has 1 fully saturated rings. The Hall–Kier alpha value is 0.0969. The zero-order valence-electron chi connectivity index (χ0n) is 6.55. The van der Waals surface area contributed by atoms with E-state index >= 15 is 0 Å². The van der Waals surface area contributed by atoms with Crippen molar-refractivity contribution in [3.63, 3.8) is 0 Å². The molecular formula is C6H17NO2Si. The summed E-state index contributed by atoms with van der Waals surface area (Å²) >= 11 is 0. The SMILES string of the molecule is CCO.N[SiH]1CCCCO1. The highest BCUT2D eigenvalue weighted by Crippen LogP contribution is 2.05. The highest BCUT2D eigenvalue weighted by molar-refractivity contribution is 6.48. The van der Waals surface area contributed by atoms with E-state index < -0.39 is 9.20 Å². The van der Waals surface area contributed by atoms with Gasteiger partial charge in [-0.2, -0.15) is 0 Å². The second kappa shape index (κ2) is 7.21. The van der Waals surface area contributed by atoms with Crippen LogP contribution in [0.5, 0.6) is 0 Å². The Morgan fingerprint density at radius 1 is 1.60 bits per heavy atom. The molecule has 0 aromatic rings. The van der Waals surface area contributed by atoms with Crippen molar-refractivity contribution in [3.8, 4) is 0 Å². The number of hydrogen-bond acceptors (Lipinski definition) is 3. The van der Waals surface area contributed by atoms with Crippen LogP contribution in [-0.4, -0.2) is 27.5 Å². The highest BCUT2D eigenvalue weighted by Gasteiger charge is 2.09. The van der Waals surface area contributed by atoms with E-state index in [1.54, 1.807) is 6.92 Å². The van der Waals surface area contributed by atoms with Gasteiger partial charge in [0.25, 0.3) is 0 Å². The topological polar surface area (TPSA) is 55.5 Å². The molecule has 3 N–H and O–H groups in total. The van der Waals surface area contributed by atoms with Crippen molar-refractivity contribution in [3.05, 3.63) is 0 Å². The first kappa shape index (κ1) is 10.1. The quantitative estimate of drug-likeness (QED) is 0.493. The third kappa shape index (κ3) is 6.22. The van der Waals surface area contributed by atoms with Gasteiger partial charge in [-0.1, -0.05) is 6.42 Å². The molecule has 1 aliphatic rings. The van der Waals surface area contributed by atoms with E-state index in [2.05, 4.69) is 0 Å². The van der Waals surface area contributed by atoms with Crippen LogP contribution in [0.25, 0.3) is 0 Å². The molecule has 0 aliphatic carbocycles. The van der Waals surface area contributed by atoms with Crippen molar-refractivity contribution >= 4 is 9.20 Å². The molecule has 62 valence electrons. The summed E-state index contributed by atoms with van der Waals surface area (Å²) in [6.45, 7) is 2.85. The third-order valence-electron chi connectivity index (χ3n) is 1.21. The molecule has 0 bridgehead atoms. The number of aliphatic hydroxyl groups excluding tert-OH is 1. The molecule has 0 aromatic heterocycles. The molecule has 1 unspecified atom stereocenters. The van der Waals surface area contributed by atoms with E-state index in [9.17, 15) is 0 Å². The largest absolute Gasteiger partial charge is 0.406 e. The van der Waals surface area contributed by atoms with Gasteiger partial charge in [-0.3, -0.25) is 0 Å². The second-order valence-electron chi connectivity index (χ2n) is 2.22. The maximum absolute atomic E-state index is 7.57. The Morgan fingerprint density at radius 2 is 2.20 bits per heavy atom. The first-order valence-corrected chi connectivity index (χ1v) is 5.74. The van der Waals surface area contributed by atoms with Gasteiger partial charge < -0.3 is 14.9 Å². The van der Waals surface area contributed by atoms with Gasteiger partial charge in [0.05, 0.1) is 0 Å². The van der Waals surface area contributed by atoms with E-state index in [4.69, 9.17) is 14.9 Å². The van der Waals surface area contributed by atoms with Crippen LogP contribution in [0.1, 0.15) is 19.8 Å². The fourth-order valence-corrected chi connectivity index (χ4v) is 2.09. The average molecular weight is 163 g/mol. The van der Waals surface area contributed by atoms with Crippen molar-refractivity contribution < 1.29 is 9.53 Å². The minimum absolute atomic E-state index is 0.250. The smallest absolute Gasteiger partial charge is 0.249 e. The van der Waals surface area contributed by atoms with Crippen LogP contribution in [-0.2, 0) is 4.43 Å². The lowest BCUT2D eigenvalue weighted by molar-refractivity contribution is 0.287. The lowest BCUT2D eigenvalue weighted by atomic mass is 10.4. The summed E-state index contributed by atoms with van der Waals surface area (Å²) in [6.07, 6.45) is 2.52. The monoisotopic (exact) mass is 163 g/mol. The van der Waals surface area contributed by atoms with Crippen LogP contribution >= 0.6 is 0 Å². The van der Waals surface area contributed by atoms with Crippen molar-refractivity contribution in [2.75, 3.05) is 13.2 Å². The third-order valence-corrected chi connectivity index (χ3v) is 2.86. The predicted molar refractivity (Wildman–Crippen MR) is 44.1 cm³/mol. The maximum Gasteiger partial charge on any atom is 0.249 e. The van der Waals surface area contributed by atoms with Crippen LogP contribution in [0.4, 0.5) is 0 Å². The predicted octanol–water partition coefficient (Wildman–Crippen LogP) is -0.0254. The molecule has 0 amide bonds. The molecule has 0 saturated carbocycles. The number of rotatable bonds is 0. The molecule has 3 nitrogen and oxygen atoms in total. The fraction of sp³-hybridized carbons (Fsp3) is 1.00. The zero-order chi connectivity index (χ0) is 7.82. The van der Waals surface area contributed by atoms with Crippen LogP contribution in [0.3, 0.4) is 0 Å². The Morgan fingerprint density at radius 3 is 2.40 bits per heavy atom. The molecule has 0 radical (unpaired) electrons. The first-order chi connectivity index (χ1) is 4.81. The van der Waals surface area contributed by atoms with Gasteiger partial charge >= 0.3 is 0 Å². The van der Waals surface area contributed by atoms with E-state index in [1.807, 2.05) is 0 Å². The minimum Gasteiger partial charge on any atom is -0.406 e. The molecule has 1 heterocycles.